The second-order valence-electron chi connectivity index (χ2n) is 6.44. The van der Waals surface area contributed by atoms with E-state index in [4.69, 9.17) is 4.74 Å². The number of anilines is 1. The van der Waals surface area contributed by atoms with E-state index in [0.717, 1.165) is 17.7 Å². The van der Waals surface area contributed by atoms with E-state index < -0.39 is 0 Å². The van der Waals surface area contributed by atoms with Gasteiger partial charge in [-0.3, -0.25) is 9.69 Å². The highest BCUT2D eigenvalue weighted by molar-refractivity contribution is 6.05. The Morgan fingerprint density at radius 3 is 2.37 bits per heavy atom. The van der Waals surface area contributed by atoms with Crippen LogP contribution in [0.3, 0.4) is 0 Å². The minimum atomic E-state index is -0.0867. The number of pyridine rings is 1. The van der Waals surface area contributed by atoms with Gasteiger partial charge in [0.2, 0.25) is 0 Å². The summed E-state index contributed by atoms with van der Waals surface area (Å²) in [7, 11) is 0. The monoisotopic (exact) mass is 360 g/mol. The van der Waals surface area contributed by atoms with Gasteiger partial charge in [-0.2, -0.15) is 0 Å². The lowest BCUT2D eigenvalue weighted by molar-refractivity contribution is 0.0984. The van der Waals surface area contributed by atoms with Gasteiger partial charge in [-0.1, -0.05) is 42.8 Å². The zero-order chi connectivity index (χ0) is 19.1. The third-order valence-electron chi connectivity index (χ3n) is 4.21. The summed E-state index contributed by atoms with van der Waals surface area (Å²) in [6.07, 6.45) is 2.65. The minimum absolute atomic E-state index is 0.0867. The second-order valence-corrected chi connectivity index (χ2v) is 6.44. The van der Waals surface area contributed by atoms with Crippen LogP contribution in [0, 0.1) is 6.92 Å². The van der Waals surface area contributed by atoms with Crippen molar-refractivity contribution in [2.75, 3.05) is 11.5 Å². The summed E-state index contributed by atoms with van der Waals surface area (Å²) in [5.41, 5.74) is 2.86. The molecule has 1 amide bonds. The van der Waals surface area contributed by atoms with Gasteiger partial charge in [0.15, 0.2) is 0 Å². The van der Waals surface area contributed by atoms with E-state index in [1.54, 1.807) is 23.2 Å². The molecular formula is C23H24N2O2. The average Bonchev–Trinajstić information content (AvgIpc) is 2.72. The SMILES string of the molecule is CCCOc1ccc(C(=O)N(Cc2ccc(C)cc2)c2ccccn2)cc1. The molecular weight excluding hydrogens is 336 g/mol. The highest BCUT2D eigenvalue weighted by atomic mass is 16.5. The molecule has 0 spiro atoms. The van der Waals surface area contributed by atoms with Gasteiger partial charge in [0.05, 0.1) is 13.2 Å². The van der Waals surface area contributed by atoms with Crippen molar-refractivity contribution in [3.05, 3.63) is 89.6 Å². The number of hydrogen-bond acceptors (Lipinski definition) is 3. The smallest absolute Gasteiger partial charge is 0.259 e. The van der Waals surface area contributed by atoms with Crippen LogP contribution in [-0.2, 0) is 6.54 Å². The van der Waals surface area contributed by atoms with Gasteiger partial charge in [0, 0.05) is 11.8 Å². The van der Waals surface area contributed by atoms with Gasteiger partial charge >= 0.3 is 0 Å². The van der Waals surface area contributed by atoms with E-state index in [2.05, 4.69) is 24.0 Å². The number of carbonyl (C=O) groups is 1. The highest BCUT2D eigenvalue weighted by Crippen LogP contribution is 2.20. The molecule has 0 unspecified atom stereocenters. The lowest BCUT2D eigenvalue weighted by Gasteiger charge is -2.22. The first-order valence-electron chi connectivity index (χ1n) is 9.18. The zero-order valence-electron chi connectivity index (χ0n) is 15.8. The van der Waals surface area contributed by atoms with Gasteiger partial charge in [0.1, 0.15) is 11.6 Å². The van der Waals surface area contributed by atoms with Crippen LogP contribution >= 0.6 is 0 Å². The fourth-order valence-electron chi connectivity index (χ4n) is 2.72. The molecule has 3 aromatic rings. The van der Waals surface area contributed by atoms with Crippen LogP contribution in [0.1, 0.15) is 34.8 Å². The Bertz CT molecular complexity index is 859. The van der Waals surface area contributed by atoms with Gasteiger partial charge in [0.25, 0.3) is 5.91 Å². The summed E-state index contributed by atoms with van der Waals surface area (Å²) in [5.74, 6) is 1.32. The molecule has 3 rings (SSSR count). The average molecular weight is 360 g/mol. The first-order chi connectivity index (χ1) is 13.2. The Hall–Kier alpha value is -3.14. The van der Waals surface area contributed by atoms with Crippen LogP contribution in [-0.4, -0.2) is 17.5 Å². The van der Waals surface area contributed by atoms with Gasteiger partial charge in [-0.25, -0.2) is 4.98 Å². The van der Waals surface area contributed by atoms with Gasteiger partial charge in [-0.05, 0) is 55.3 Å². The maximum absolute atomic E-state index is 13.2. The van der Waals surface area contributed by atoms with Crippen LogP contribution in [0.5, 0.6) is 5.75 Å². The quantitative estimate of drug-likeness (QED) is 0.594. The van der Waals surface area contributed by atoms with Gasteiger partial charge in [-0.15, -0.1) is 0 Å². The van der Waals surface area contributed by atoms with E-state index in [-0.39, 0.29) is 5.91 Å². The summed E-state index contributed by atoms with van der Waals surface area (Å²) in [6, 6.07) is 21.1. The molecule has 0 atom stereocenters. The largest absolute Gasteiger partial charge is 0.494 e. The first-order valence-corrected chi connectivity index (χ1v) is 9.18. The Labute approximate surface area is 160 Å². The summed E-state index contributed by atoms with van der Waals surface area (Å²) < 4.78 is 5.60. The molecule has 2 aromatic carbocycles. The zero-order valence-corrected chi connectivity index (χ0v) is 15.8. The topological polar surface area (TPSA) is 42.4 Å². The maximum Gasteiger partial charge on any atom is 0.259 e. The predicted octanol–water partition coefficient (Wildman–Crippen LogP) is 5.03. The van der Waals surface area contributed by atoms with E-state index in [1.807, 2.05) is 49.4 Å². The Morgan fingerprint density at radius 2 is 1.74 bits per heavy atom. The molecule has 0 aliphatic rings. The molecule has 0 N–H and O–H groups in total. The van der Waals surface area contributed by atoms with Crippen molar-refractivity contribution in [2.45, 2.75) is 26.8 Å². The summed E-state index contributed by atoms with van der Waals surface area (Å²) in [5, 5.41) is 0. The van der Waals surface area contributed by atoms with E-state index in [9.17, 15) is 4.79 Å². The maximum atomic E-state index is 13.2. The van der Waals surface area contributed by atoms with Crippen molar-refractivity contribution in [3.8, 4) is 5.75 Å². The molecule has 0 saturated heterocycles. The molecule has 0 aliphatic heterocycles. The molecule has 0 fully saturated rings. The predicted molar refractivity (Wildman–Crippen MR) is 108 cm³/mol. The fraction of sp³-hybridized carbons (Fsp3) is 0.217. The lowest BCUT2D eigenvalue weighted by Crippen LogP contribution is -2.31. The molecule has 0 aliphatic carbocycles. The molecule has 4 heteroatoms. The number of amides is 1. The Kier molecular flexibility index (Phi) is 6.21. The Balaban J connectivity index is 1.85. The number of rotatable bonds is 7. The standard InChI is InChI=1S/C23H24N2O2/c1-3-16-27-21-13-11-20(12-14-21)23(26)25(22-6-4-5-15-24-22)17-19-9-7-18(2)8-10-19/h4-15H,3,16-17H2,1-2H3. The summed E-state index contributed by atoms with van der Waals surface area (Å²) >= 11 is 0. The fourth-order valence-corrected chi connectivity index (χ4v) is 2.72. The number of benzene rings is 2. The highest BCUT2D eigenvalue weighted by Gasteiger charge is 2.19. The number of nitrogens with zero attached hydrogens (tertiary/aromatic N) is 2. The molecule has 0 radical (unpaired) electrons. The summed E-state index contributed by atoms with van der Waals surface area (Å²) in [4.78, 5) is 19.3. The minimum Gasteiger partial charge on any atom is -0.494 e. The molecule has 4 nitrogen and oxygen atoms in total. The second kappa shape index (κ2) is 8.99. The number of aryl methyl sites for hydroxylation is 1. The van der Waals surface area contributed by atoms with Crippen LogP contribution < -0.4 is 9.64 Å². The first kappa shape index (κ1) is 18.6. The van der Waals surface area contributed by atoms with Crippen LogP contribution in [0.4, 0.5) is 5.82 Å². The van der Waals surface area contributed by atoms with Crippen molar-refractivity contribution in [2.24, 2.45) is 0 Å². The van der Waals surface area contributed by atoms with Crippen LogP contribution in [0.15, 0.2) is 72.9 Å². The number of carbonyl (C=O) groups excluding carboxylic acids is 1. The van der Waals surface area contributed by atoms with E-state index >= 15 is 0 Å². The third kappa shape index (κ3) is 4.94. The van der Waals surface area contributed by atoms with Crippen molar-refractivity contribution in [3.63, 3.8) is 0 Å². The van der Waals surface area contributed by atoms with Crippen molar-refractivity contribution in [1.29, 1.82) is 0 Å². The van der Waals surface area contributed by atoms with E-state index in [1.165, 1.54) is 5.56 Å². The van der Waals surface area contributed by atoms with Crippen molar-refractivity contribution < 1.29 is 9.53 Å². The lowest BCUT2D eigenvalue weighted by atomic mass is 10.1. The number of ether oxygens (including phenoxy) is 1. The van der Waals surface area contributed by atoms with Crippen molar-refractivity contribution >= 4 is 11.7 Å². The molecule has 1 aromatic heterocycles. The normalized spacial score (nSPS) is 10.4. The molecule has 1 heterocycles. The third-order valence-corrected chi connectivity index (χ3v) is 4.21. The number of hydrogen-bond donors (Lipinski definition) is 0. The van der Waals surface area contributed by atoms with Gasteiger partial charge < -0.3 is 4.74 Å². The Morgan fingerprint density at radius 1 is 1.00 bits per heavy atom. The molecule has 138 valence electrons. The molecule has 0 bridgehead atoms. The van der Waals surface area contributed by atoms with Crippen LogP contribution in [0.25, 0.3) is 0 Å². The van der Waals surface area contributed by atoms with Crippen LogP contribution in [0.2, 0.25) is 0 Å². The summed E-state index contributed by atoms with van der Waals surface area (Å²) in [6.45, 7) is 5.24. The molecule has 0 saturated carbocycles. The molecule has 27 heavy (non-hydrogen) atoms. The number of aromatic nitrogens is 1. The van der Waals surface area contributed by atoms with Crippen molar-refractivity contribution in [1.82, 2.24) is 4.98 Å². The van der Waals surface area contributed by atoms with E-state index in [0.29, 0.717) is 24.5 Å².